The maximum atomic E-state index is 12.2. The van der Waals surface area contributed by atoms with Gasteiger partial charge in [-0.25, -0.2) is 0 Å². The lowest BCUT2D eigenvalue weighted by Gasteiger charge is -2.32. The highest BCUT2D eigenvalue weighted by Gasteiger charge is 2.34. The van der Waals surface area contributed by atoms with Gasteiger partial charge in [-0.3, -0.25) is 0 Å². The second kappa shape index (κ2) is 7.06. The second-order valence-corrected chi connectivity index (χ2v) is 6.95. The maximum Gasteiger partial charge on any atom is 0.390 e. The van der Waals surface area contributed by atoms with Gasteiger partial charge in [0, 0.05) is 19.1 Å². The first-order valence-corrected chi connectivity index (χ1v) is 8.07. The van der Waals surface area contributed by atoms with Gasteiger partial charge < -0.3 is 5.32 Å². The average molecular weight is 317 g/mol. The van der Waals surface area contributed by atoms with E-state index in [2.05, 4.69) is 10.0 Å². The highest BCUT2D eigenvalue weighted by atomic mass is 32.2. The molecular weight excluding hydrogens is 295 g/mol. The number of piperidine rings is 1. The molecule has 9 heteroatoms. The summed E-state index contributed by atoms with van der Waals surface area (Å²) in [7, 11) is -1.99. The molecule has 1 aliphatic heterocycles. The molecule has 0 bridgehead atoms. The van der Waals surface area contributed by atoms with Crippen molar-refractivity contribution in [1.82, 2.24) is 14.3 Å². The fourth-order valence-corrected chi connectivity index (χ4v) is 3.79. The number of alkyl halides is 3. The number of nitrogens with one attached hydrogen (secondary N) is 2. The molecule has 2 N–H and O–H groups in total. The smallest absolute Gasteiger partial charge is 0.319 e. The highest BCUT2D eigenvalue weighted by molar-refractivity contribution is 7.87. The summed E-state index contributed by atoms with van der Waals surface area (Å²) in [6.45, 7) is 2.74. The summed E-state index contributed by atoms with van der Waals surface area (Å²) in [5, 5.41) is 3.04. The van der Waals surface area contributed by atoms with E-state index in [1.54, 1.807) is 0 Å². The summed E-state index contributed by atoms with van der Waals surface area (Å²) in [5.41, 5.74) is 0. The molecule has 0 amide bonds. The van der Waals surface area contributed by atoms with Crippen LogP contribution in [0.2, 0.25) is 0 Å². The van der Waals surface area contributed by atoms with Gasteiger partial charge in [0.1, 0.15) is 0 Å². The third-order valence-corrected chi connectivity index (χ3v) is 5.04. The first kappa shape index (κ1) is 17.7. The topological polar surface area (TPSA) is 61.4 Å². The molecule has 1 rings (SSSR count). The van der Waals surface area contributed by atoms with Crippen LogP contribution in [0.5, 0.6) is 0 Å². The van der Waals surface area contributed by atoms with Gasteiger partial charge in [0.25, 0.3) is 10.2 Å². The number of halogens is 3. The maximum absolute atomic E-state index is 12.2. The van der Waals surface area contributed by atoms with E-state index in [1.165, 1.54) is 11.2 Å². The fraction of sp³-hybridized carbons (Fsp3) is 1.00. The Labute approximate surface area is 118 Å². The number of hydrogen-bond donors (Lipinski definition) is 2. The number of nitrogens with zero attached hydrogens (tertiary/aromatic N) is 1. The minimum Gasteiger partial charge on any atom is -0.319 e. The van der Waals surface area contributed by atoms with Crippen molar-refractivity contribution < 1.29 is 21.6 Å². The monoisotopic (exact) mass is 317 g/mol. The van der Waals surface area contributed by atoms with E-state index in [4.69, 9.17) is 0 Å². The fourth-order valence-electron chi connectivity index (χ4n) is 2.36. The van der Waals surface area contributed by atoms with Gasteiger partial charge in [-0.05, 0) is 39.3 Å². The van der Waals surface area contributed by atoms with Crippen LogP contribution in [-0.2, 0) is 10.2 Å². The summed E-state index contributed by atoms with van der Waals surface area (Å²) < 4.78 is 63.9. The quantitative estimate of drug-likeness (QED) is 0.771. The summed E-state index contributed by atoms with van der Waals surface area (Å²) >= 11 is 0. The van der Waals surface area contributed by atoms with Crippen molar-refractivity contribution in [3.05, 3.63) is 0 Å². The molecule has 0 spiro atoms. The summed E-state index contributed by atoms with van der Waals surface area (Å²) in [4.78, 5) is 0. The minimum absolute atomic E-state index is 0.348. The predicted octanol–water partition coefficient (Wildman–Crippen LogP) is 1.09. The summed E-state index contributed by atoms with van der Waals surface area (Å²) in [6.07, 6.45) is -4.10. The normalized spacial score (nSPS) is 21.1. The molecule has 120 valence electrons. The zero-order valence-electron chi connectivity index (χ0n) is 11.7. The molecule has 1 unspecified atom stereocenters. The average Bonchev–Trinajstić information content (AvgIpc) is 2.26. The van der Waals surface area contributed by atoms with Crippen LogP contribution in [0.3, 0.4) is 0 Å². The standard InChI is InChI=1S/C11H22F3N3O2S/c1-9(7-11(12,13)14)16-20(18,19)17-5-3-10(4-6-17)8-15-2/h9-10,15-16H,3-8H2,1-2H3. The van der Waals surface area contributed by atoms with E-state index in [1.807, 2.05) is 7.05 Å². The molecule has 1 aliphatic rings. The van der Waals surface area contributed by atoms with Crippen LogP contribution in [0.25, 0.3) is 0 Å². The van der Waals surface area contributed by atoms with E-state index in [0.29, 0.717) is 19.0 Å². The zero-order valence-corrected chi connectivity index (χ0v) is 12.5. The zero-order chi connectivity index (χ0) is 15.4. The van der Waals surface area contributed by atoms with E-state index in [0.717, 1.165) is 19.4 Å². The first-order valence-electron chi connectivity index (χ1n) is 6.63. The van der Waals surface area contributed by atoms with Gasteiger partial charge in [0.05, 0.1) is 6.42 Å². The van der Waals surface area contributed by atoms with E-state index in [9.17, 15) is 21.6 Å². The molecule has 1 heterocycles. The minimum atomic E-state index is -4.37. The largest absolute Gasteiger partial charge is 0.390 e. The van der Waals surface area contributed by atoms with Gasteiger partial charge in [0.2, 0.25) is 0 Å². The van der Waals surface area contributed by atoms with Crippen LogP contribution >= 0.6 is 0 Å². The Balaban J connectivity index is 2.49. The summed E-state index contributed by atoms with van der Waals surface area (Å²) in [6, 6.07) is -1.16. The predicted molar refractivity (Wildman–Crippen MR) is 70.4 cm³/mol. The molecular formula is C11H22F3N3O2S. The number of hydrogen-bond acceptors (Lipinski definition) is 3. The van der Waals surface area contributed by atoms with Crippen molar-refractivity contribution in [2.75, 3.05) is 26.7 Å². The molecule has 0 aromatic rings. The molecule has 1 fully saturated rings. The molecule has 0 aromatic heterocycles. The third kappa shape index (κ3) is 5.94. The number of rotatable bonds is 6. The van der Waals surface area contributed by atoms with Gasteiger partial charge in [0.15, 0.2) is 0 Å². The van der Waals surface area contributed by atoms with Crippen molar-refractivity contribution in [2.45, 2.75) is 38.4 Å². The Morgan fingerprint density at radius 2 is 1.85 bits per heavy atom. The molecule has 1 saturated heterocycles. The van der Waals surface area contributed by atoms with Crippen LogP contribution in [0.4, 0.5) is 13.2 Å². The first-order chi connectivity index (χ1) is 9.14. The van der Waals surface area contributed by atoms with Crippen molar-refractivity contribution >= 4 is 10.2 Å². The molecule has 0 aromatic carbocycles. The van der Waals surface area contributed by atoms with Gasteiger partial charge in [-0.2, -0.15) is 30.6 Å². The summed E-state index contributed by atoms with van der Waals surface area (Å²) in [5.74, 6) is 0.416. The SMILES string of the molecule is CNCC1CCN(S(=O)(=O)NC(C)CC(F)(F)F)CC1. The van der Waals surface area contributed by atoms with Crippen molar-refractivity contribution in [1.29, 1.82) is 0 Å². The third-order valence-electron chi connectivity index (χ3n) is 3.29. The van der Waals surface area contributed by atoms with Crippen molar-refractivity contribution in [3.8, 4) is 0 Å². The van der Waals surface area contributed by atoms with Crippen molar-refractivity contribution in [3.63, 3.8) is 0 Å². The lowest BCUT2D eigenvalue weighted by molar-refractivity contribution is -0.138. The van der Waals surface area contributed by atoms with Gasteiger partial charge in [-0.1, -0.05) is 0 Å². The van der Waals surface area contributed by atoms with Crippen LogP contribution in [0, 0.1) is 5.92 Å². The lowest BCUT2D eigenvalue weighted by Crippen LogP contribution is -2.49. The van der Waals surface area contributed by atoms with Gasteiger partial charge >= 0.3 is 6.18 Å². The Hall–Kier alpha value is -0.380. The Morgan fingerprint density at radius 3 is 2.30 bits per heavy atom. The van der Waals surface area contributed by atoms with E-state index >= 15 is 0 Å². The van der Waals surface area contributed by atoms with E-state index in [-0.39, 0.29) is 0 Å². The van der Waals surface area contributed by atoms with Crippen LogP contribution in [-0.4, -0.2) is 51.6 Å². The van der Waals surface area contributed by atoms with Gasteiger partial charge in [-0.15, -0.1) is 0 Å². The highest BCUT2D eigenvalue weighted by Crippen LogP contribution is 2.23. The molecule has 0 radical (unpaired) electrons. The van der Waals surface area contributed by atoms with Crippen LogP contribution in [0.15, 0.2) is 0 Å². The second-order valence-electron chi connectivity index (χ2n) is 5.24. The van der Waals surface area contributed by atoms with Crippen molar-refractivity contribution in [2.24, 2.45) is 5.92 Å². The molecule has 5 nitrogen and oxygen atoms in total. The lowest BCUT2D eigenvalue weighted by atomic mass is 9.98. The molecule has 1 atom stereocenters. The Bertz CT molecular complexity index is 392. The molecule has 20 heavy (non-hydrogen) atoms. The van der Waals surface area contributed by atoms with E-state index < -0.39 is 28.8 Å². The Morgan fingerprint density at radius 1 is 1.30 bits per heavy atom. The molecule has 0 saturated carbocycles. The van der Waals surface area contributed by atoms with Crippen LogP contribution < -0.4 is 10.0 Å². The Kier molecular flexibility index (Phi) is 6.24. The van der Waals surface area contributed by atoms with Crippen LogP contribution in [0.1, 0.15) is 26.2 Å². The molecule has 0 aliphatic carbocycles.